The zero-order valence-corrected chi connectivity index (χ0v) is 10.8. The third kappa shape index (κ3) is 3.02. The molecule has 0 aliphatic heterocycles. The van der Waals surface area contributed by atoms with Gasteiger partial charge in [-0.3, -0.25) is 10.1 Å². The Labute approximate surface area is 117 Å². The zero-order valence-electron chi connectivity index (χ0n) is 9.20. The van der Waals surface area contributed by atoms with Gasteiger partial charge in [0.2, 0.25) is 16.4 Å². The van der Waals surface area contributed by atoms with E-state index in [1.807, 2.05) is 5.32 Å². The Bertz CT molecular complexity index is 660. The number of amides is 1. The van der Waals surface area contributed by atoms with Crippen LogP contribution in [0.3, 0.4) is 0 Å². The summed E-state index contributed by atoms with van der Waals surface area (Å²) in [6.07, 6.45) is -4.27. The number of halogens is 5. The molecule has 20 heavy (non-hydrogen) atoms. The summed E-state index contributed by atoms with van der Waals surface area (Å²) >= 11 is 6.04. The fourth-order valence-corrected chi connectivity index (χ4v) is 2.01. The van der Waals surface area contributed by atoms with E-state index in [-0.39, 0.29) is 10.4 Å². The minimum absolute atomic E-state index is 0.156. The summed E-state index contributed by atoms with van der Waals surface area (Å²) in [6, 6.07) is 0.505. The predicted octanol–water partition coefficient (Wildman–Crippen LogP) is 3.00. The number of carbonyl (C=O) groups excluding carboxylic acids is 1. The number of nitrogens with zero attached hydrogens (tertiary/aromatic N) is 3. The molecule has 5 nitrogen and oxygen atoms in total. The third-order valence-corrected chi connectivity index (χ3v) is 2.96. The molecule has 2 heterocycles. The van der Waals surface area contributed by atoms with E-state index in [0.717, 1.165) is 0 Å². The first-order chi connectivity index (χ1) is 9.29. The number of hydrogen-bond donors (Lipinski definition) is 1. The van der Waals surface area contributed by atoms with E-state index >= 15 is 0 Å². The SMILES string of the molecule is O=C(Nc1nc(Cl)ns1)c1c(C(F)(F)F)ccnc1F. The standard InChI is InChI=1S/C9H3ClF4N4OS/c10-7-17-8(20-18-7)16-6(19)4-3(9(12,13)14)1-2-15-5(4)11/h1-2H,(H,16,17,18,19). The van der Waals surface area contributed by atoms with Crippen molar-refractivity contribution in [3.05, 3.63) is 34.6 Å². The van der Waals surface area contributed by atoms with E-state index in [0.29, 0.717) is 23.8 Å². The summed E-state index contributed by atoms with van der Waals surface area (Å²) in [7, 11) is 0. The summed E-state index contributed by atoms with van der Waals surface area (Å²) in [6.45, 7) is 0. The van der Waals surface area contributed by atoms with Crippen molar-refractivity contribution in [2.24, 2.45) is 0 Å². The van der Waals surface area contributed by atoms with Gasteiger partial charge in [-0.15, -0.1) is 0 Å². The second-order valence-corrected chi connectivity index (χ2v) is 4.43. The molecule has 0 aliphatic carbocycles. The fraction of sp³-hybridized carbons (Fsp3) is 0.111. The van der Waals surface area contributed by atoms with Gasteiger partial charge in [-0.25, -0.2) is 4.98 Å². The minimum Gasteiger partial charge on any atom is -0.296 e. The quantitative estimate of drug-likeness (QED) is 0.680. The normalized spacial score (nSPS) is 11.4. The summed E-state index contributed by atoms with van der Waals surface area (Å²) in [5.41, 5.74) is -2.65. The van der Waals surface area contributed by atoms with Gasteiger partial charge in [0.1, 0.15) is 5.56 Å². The molecule has 1 amide bonds. The van der Waals surface area contributed by atoms with Gasteiger partial charge in [0.15, 0.2) is 0 Å². The number of hydrogen-bond acceptors (Lipinski definition) is 5. The molecule has 0 aromatic carbocycles. The Kier molecular flexibility index (Phi) is 3.86. The van der Waals surface area contributed by atoms with Crippen molar-refractivity contribution >= 4 is 34.2 Å². The topological polar surface area (TPSA) is 67.8 Å². The van der Waals surface area contributed by atoms with Crippen LogP contribution in [0.25, 0.3) is 0 Å². The lowest BCUT2D eigenvalue weighted by atomic mass is 10.1. The molecule has 2 rings (SSSR count). The van der Waals surface area contributed by atoms with E-state index in [4.69, 9.17) is 11.6 Å². The summed E-state index contributed by atoms with van der Waals surface area (Å²) in [4.78, 5) is 18.3. The molecule has 0 bridgehead atoms. The highest BCUT2D eigenvalue weighted by molar-refractivity contribution is 7.10. The van der Waals surface area contributed by atoms with E-state index in [1.54, 1.807) is 0 Å². The number of aromatic nitrogens is 3. The van der Waals surface area contributed by atoms with Crippen LogP contribution in [0, 0.1) is 5.95 Å². The number of alkyl halides is 3. The maximum Gasteiger partial charge on any atom is 0.417 e. The fourth-order valence-electron chi connectivity index (χ4n) is 1.30. The van der Waals surface area contributed by atoms with Crippen LogP contribution in [0.2, 0.25) is 5.28 Å². The second kappa shape index (κ2) is 5.29. The number of carbonyl (C=O) groups is 1. The molecule has 0 radical (unpaired) electrons. The lowest BCUT2D eigenvalue weighted by Crippen LogP contribution is -2.21. The largest absolute Gasteiger partial charge is 0.417 e. The number of rotatable bonds is 2. The Morgan fingerprint density at radius 1 is 1.40 bits per heavy atom. The molecule has 0 atom stereocenters. The average molecular weight is 327 g/mol. The molecule has 0 unspecified atom stereocenters. The van der Waals surface area contributed by atoms with Crippen molar-refractivity contribution in [1.82, 2.24) is 14.3 Å². The maximum absolute atomic E-state index is 13.4. The second-order valence-electron chi connectivity index (χ2n) is 3.34. The number of anilines is 1. The van der Waals surface area contributed by atoms with Crippen LogP contribution in [0.5, 0.6) is 0 Å². The Morgan fingerprint density at radius 2 is 2.10 bits per heavy atom. The molecule has 0 fully saturated rings. The van der Waals surface area contributed by atoms with Crippen molar-refractivity contribution in [2.75, 3.05) is 5.32 Å². The predicted molar refractivity (Wildman–Crippen MR) is 62.1 cm³/mol. The van der Waals surface area contributed by atoms with Crippen LogP contribution in [0.15, 0.2) is 12.3 Å². The first kappa shape index (κ1) is 14.6. The van der Waals surface area contributed by atoms with Gasteiger partial charge in [0.05, 0.1) is 5.56 Å². The smallest absolute Gasteiger partial charge is 0.296 e. The van der Waals surface area contributed by atoms with Gasteiger partial charge in [0.25, 0.3) is 5.91 Å². The van der Waals surface area contributed by atoms with Gasteiger partial charge in [-0.1, -0.05) is 0 Å². The molecule has 2 aromatic heterocycles. The Balaban J connectivity index is 2.39. The molecule has 0 spiro atoms. The van der Waals surface area contributed by atoms with Gasteiger partial charge in [-0.05, 0) is 17.7 Å². The van der Waals surface area contributed by atoms with Crippen molar-refractivity contribution in [3.63, 3.8) is 0 Å². The molecule has 0 saturated carbocycles. The maximum atomic E-state index is 13.4. The number of pyridine rings is 1. The van der Waals surface area contributed by atoms with Crippen LogP contribution < -0.4 is 5.32 Å². The minimum atomic E-state index is -4.89. The van der Waals surface area contributed by atoms with E-state index in [9.17, 15) is 22.4 Å². The van der Waals surface area contributed by atoms with Crippen LogP contribution in [-0.2, 0) is 6.18 Å². The molecule has 0 aliphatic rings. The van der Waals surface area contributed by atoms with Gasteiger partial charge in [-0.2, -0.15) is 26.9 Å². The first-order valence-corrected chi connectivity index (χ1v) is 5.96. The average Bonchev–Trinajstić information content (AvgIpc) is 2.73. The monoisotopic (exact) mass is 326 g/mol. The van der Waals surface area contributed by atoms with Crippen molar-refractivity contribution < 1.29 is 22.4 Å². The third-order valence-electron chi connectivity index (χ3n) is 2.06. The Hall–Kier alpha value is -1.81. The molecule has 106 valence electrons. The molecular formula is C9H3ClF4N4OS. The number of nitrogens with one attached hydrogen (secondary N) is 1. The molecule has 11 heteroatoms. The summed E-state index contributed by atoms with van der Waals surface area (Å²) < 4.78 is 55.0. The van der Waals surface area contributed by atoms with Crippen LogP contribution in [-0.4, -0.2) is 20.2 Å². The lowest BCUT2D eigenvalue weighted by molar-refractivity contribution is -0.138. The lowest BCUT2D eigenvalue weighted by Gasteiger charge is -2.11. The molecule has 1 N–H and O–H groups in total. The summed E-state index contributed by atoms with van der Waals surface area (Å²) in [5, 5.41) is 1.63. The van der Waals surface area contributed by atoms with Crippen molar-refractivity contribution in [1.29, 1.82) is 0 Å². The van der Waals surface area contributed by atoms with E-state index in [1.165, 1.54) is 0 Å². The van der Waals surface area contributed by atoms with Crippen LogP contribution in [0.1, 0.15) is 15.9 Å². The highest BCUT2D eigenvalue weighted by atomic mass is 35.5. The van der Waals surface area contributed by atoms with Crippen molar-refractivity contribution in [3.8, 4) is 0 Å². The van der Waals surface area contributed by atoms with Gasteiger partial charge >= 0.3 is 6.18 Å². The van der Waals surface area contributed by atoms with Crippen molar-refractivity contribution in [2.45, 2.75) is 6.18 Å². The van der Waals surface area contributed by atoms with Crippen LogP contribution >= 0.6 is 23.1 Å². The highest BCUT2D eigenvalue weighted by Crippen LogP contribution is 2.32. The Morgan fingerprint density at radius 3 is 2.65 bits per heavy atom. The first-order valence-electron chi connectivity index (χ1n) is 4.81. The van der Waals surface area contributed by atoms with Gasteiger partial charge < -0.3 is 0 Å². The summed E-state index contributed by atoms with van der Waals surface area (Å²) in [5.74, 6) is -2.87. The molecule has 2 aromatic rings. The van der Waals surface area contributed by atoms with E-state index in [2.05, 4.69) is 14.3 Å². The van der Waals surface area contributed by atoms with E-state index < -0.39 is 29.2 Å². The zero-order chi connectivity index (χ0) is 14.9. The molecule has 0 saturated heterocycles. The van der Waals surface area contributed by atoms with Gasteiger partial charge in [0, 0.05) is 17.7 Å². The highest BCUT2D eigenvalue weighted by Gasteiger charge is 2.37. The molecular weight excluding hydrogens is 324 g/mol. The van der Waals surface area contributed by atoms with Crippen LogP contribution in [0.4, 0.5) is 22.7 Å².